The SMILES string of the molecule is N=C(N=C(N=Cn1c2ccccc2c2ccccc21)c1ccccc1)c1ccc2oc3ccc(-n4c5ccccc5c5cc(-c6ccccc6)ccc54)cc3c2c1. The first-order valence-corrected chi connectivity index (χ1v) is 19.0. The van der Waals surface area contributed by atoms with Gasteiger partial charge in [-0.05, 0) is 77.9 Å². The highest BCUT2D eigenvalue weighted by Crippen LogP contribution is 2.37. The molecule has 6 nitrogen and oxygen atoms in total. The molecule has 0 spiro atoms. The number of aromatic nitrogens is 2. The zero-order valence-corrected chi connectivity index (χ0v) is 30.7. The normalized spacial score (nSPS) is 12.3. The van der Waals surface area contributed by atoms with Crippen LogP contribution in [0.5, 0.6) is 0 Å². The molecule has 0 aliphatic heterocycles. The lowest BCUT2D eigenvalue weighted by atomic mass is 10.0. The van der Waals surface area contributed by atoms with Gasteiger partial charge in [-0.15, -0.1) is 0 Å². The van der Waals surface area contributed by atoms with Gasteiger partial charge >= 0.3 is 0 Å². The Morgan fingerprint density at radius 2 is 1.04 bits per heavy atom. The van der Waals surface area contributed by atoms with Crippen LogP contribution in [0.2, 0.25) is 0 Å². The van der Waals surface area contributed by atoms with Crippen molar-refractivity contribution in [2.45, 2.75) is 0 Å². The predicted octanol–water partition coefficient (Wildman–Crippen LogP) is 12.8. The quantitative estimate of drug-likeness (QED) is 0.139. The average Bonchev–Trinajstić information content (AvgIpc) is 3.92. The van der Waals surface area contributed by atoms with Gasteiger partial charge < -0.3 is 8.98 Å². The molecule has 3 aromatic heterocycles. The van der Waals surface area contributed by atoms with E-state index in [0.29, 0.717) is 11.4 Å². The number of fused-ring (bicyclic) bond motifs is 9. The van der Waals surface area contributed by atoms with Gasteiger partial charge in [0.2, 0.25) is 0 Å². The first kappa shape index (κ1) is 32.6. The molecular formula is C51H33N5O. The van der Waals surface area contributed by atoms with Crippen LogP contribution in [0.3, 0.4) is 0 Å². The number of rotatable bonds is 5. The molecular weight excluding hydrogens is 699 g/mol. The van der Waals surface area contributed by atoms with Crippen LogP contribution >= 0.6 is 0 Å². The molecule has 3 heterocycles. The van der Waals surface area contributed by atoms with Crippen LogP contribution in [0.4, 0.5) is 0 Å². The number of amidine groups is 2. The van der Waals surface area contributed by atoms with Gasteiger partial charge in [-0.2, -0.15) is 0 Å². The van der Waals surface area contributed by atoms with Gasteiger partial charge in [0, 0.05) is 49.1 Å². The van der Waals surface area contributed by atoms with E-state index in [9.17, 15) is 5.41 Å². The highest BCUT2D eigenvalue weighted by atomic mass is 16.3. The Morgan fingerprint density at radius 3 is 1.75 bits per heavy atom. The maximum Gasteiger partial charge on any atom is 0.163 e. The maximum absolute atomic E-state index is 9.27. The summed E-state index contributed by atoms with van der Waals surface area (Å²) in [6.45, 7) is 0. The predicted molar refractivity (Wildman–Crippen MR) is 237 cm³/mol. The number of aliphatic imine (C=N–C) groups is 2. The molecule has 0 fully saturated rings. The Hall–Kier alpha value is -7.83. The van der Waals surface area contributed by atoms with Crippen LogP contribution in [0.1, 0.15) is 11.1 Å². The molecule has 0 bridgehead atoms. The molecule has 0 radical (unpaired) electrons. The molecule has 268 valence electrons. The monoisotopic (exact) mass is 731 g/mol. The molecule has 0 unspecified atom stereocenters. The number of benzene rings is 8. The molecule has 0 aliphatic rings. The summed E-state index contributed by atoms with van der Waals surface area (Å²) >= 11 is 0. The molecule has 1 N–H and O–H groups in total. The topological polar surface area (TPSA) is 71.6 Å². The van der Waals surface area contributed by atoms with Gasteiger partial charge in [-0.25, -0.2) is 9.98 Å². The minimum absolute atomic E-state index is 0.109. The number of hydrogen-bond donors (Lipinski definition) is 1. The molecule has 0 aliphatic carbocycles. The lowest BCUT2D eigenvalue weighted by molar-refractivity contribution is 0.669. The second kappa shape index (κ2) is 13.2. The highest BCUT2D eigenvalue weighted by molar-refractivity contribution is 6.17. The lowest BCUT2D eigenvalue weighted by Gasteiger charge is -2.09. The highest BCUT2D eigenvalue weighted by Gasteiger charge is 2.17. The lowest BCUT2D eigenvalue weighted by Crippen LogP contribution is -2.06. The van der Waals surface area contributed by atoms with Crippen molar-refractivity contribution in [3.8, 4) is 16.8 Å². The summed E-state index contributed by atoms with van der Waals surface area (Å²) in [7, 11) is 0. The number of para-hydroxylation sites is 3. The van der Waals surface area contributed by atoms with Gasteiger partial charge in [-0.1, -0.05) is 121 Å². The van der Waals surface area contributed by atoms with Crippen molar-refractivity contribution in [1.29, 1.82) is 5.41 Å². The van der Waals surface area contributed by atoms with E-state index >= 15 is 0 Å². The van der Waals surface area contributed by atoms with Gasteiger partial charge in [0.1, 0.15) is 17.5 Å². The molecule has 0 saturated heterocycles. The van der Waals surface area contributed by atoms with E-state index in [1.807, 2.05) is 79.1 Å². The Bertz CT molecular complexity index is 3370. The minimum atomic E-state index is 0.109. The van der Waals surface area contributed by atoms with Crippen LogP contribution in [-0.2, 0) is 0 Å². The second-order valence-corrected chi connectivity index (χ2v) is 14.2. The Labute approximate surface area is 327 Å². The smallest absolute Gasteiger partial charge is 0.163 e. The number of nitrogens with zero attached hydrogens (tertiary/aromatic N) is 4. The zero-order chi connectivity index (χ0) is 37.9. The summed E-state index contributed by atoms with van der Waals surface area (Å²) in [5.41, 5.74) is 10.8. The number of hydrogen-bond acceptors (Lipinski definition) is 2. The summed E-state index contributed by atoms with van der Waals surface area (Å²) in [4.78, 5) is 9.80. The van der Waals surface area contributed by atoms with Gasteiger partial charge in [0.05, 0.1) is 22.1 Å². The molecule has 0 saturated carbocycles. The Balaban J connectivity index is 1.01. The van der Waals surface area contributed by atoms with E-state index in [-0.39, 0.29) is 5.84 Å². The van der Waals surface area contributed by atoms with E-state index < -0.39 is 0 Å². The van der Waals surface area contributed by atoms with Gasteiger partial charge in [0.25, 0.3) is 0 Å². The van der Waals surface area contributed by atoms with E-state index in [0.717, 1.165) is 66.0 Å². The van der Waals surface area contributed by atoms with Crippen molar-refractivity contribution >= 4 is 83.6 Å². The summed E-state index contributed by atoms with van der Waals surface area (Å²) in [5.74, 6) is 0.556. The van der Waals surface area contributed by atoms with Gasteiger partial charge in [0.15, 0.2) is 11.7 Å². The summed E-state index contributed by atoms with van der Waals surface area (Å²) in [5, 5.41) is 15.9. The minimum Gasteiger partial charge on any atom is -0.456 e. The number of nitrogens with one attached hydrogen (secondary N) is 1. The first-order chi connectivity index (χ1) is 28.2. The summed E-state index contributed by atoms with van der Waals surface area (Å²) in [6, 6.07) is 64.5. The van der Waals surface area contributed by atoms with Crippen molar-refractivity contribution in [3.05, 3.63) is 199 Å². The van der Waals surface area contributed by atoms with Crippen molar-refractivity contribution in [2.24, 2.45) is 9.98 Å². The van der Waals surface area contributed by atoms with Crippen LogP contribution in [0.15, 0.2) is 202 Å². The van der Waals surface area contributed by atoms with Crippen molar-refractivity contribution in [1.82, 2.24) is 9.13 Å². The fourth-order valence-electron chi connectivity index (χ4n) is 8.23. The van der Waals surface area contributed by atoms with E-state index in [1.54, 1.807) is 0 Å². The molecule has 6 heteroatoms. The first-order valence-electron chi connectivity index (χ1n) is 19.0. The van der Waals surface area contributed by atoms with Crippen LogP contribution in [0.25, 0.3) is 82.4 Å². The Morgan fingerprint density at radius 1 is 0.456 bits per heavy atom. The van der Waals surface area contributed by atoms with Crippen molar-refractivity contribution in [3.63, 3.8) is 0 Å². The van der Waals surface area contributed by atoms with Crippen LogP contribution in [0, 0.1) is 5.41 Å². The van der Waals surface area contributed by atoms with E-state index in [4.69, 9.17) is 14.4 Å². The largest absolute Gasteiger partial charge is 0.456 e. The molecule has 0 atom stereocenters. The van der Waals surface area contributed by atoms with Crippen LogP contribution < -0.4 is 0 Å². The third kappa shape index (κ3) is 5.46. The van der Waals surface area contributed by atoms with Crippen molar-refractivity contribution in [2.75, 3.05) is 0 Å². The molecule has 0 amide bonds. The fourth-order valence-corrected chi connectivity index (χ4v) is 8.23. The van der Waals surface area contributed by atoms with E-state index in [1.165, 1.54) is 21.9 Å². The van der Waals surface area contributed by atoms with Crippen LogP contribution in [-0.4, -0.2) is 27.1 Å². The van der Waals surface area contributed by atoms with Gasteiger partial charge in [-0.3, -0.25) is 9.98 Å². The Kier molecular flexibility index (Phi) is 7.54. The molecule has 57 heavy (non-hydrogen) atoms. The number of furan rings is 1. The zero-order valence-electron chi connectivity index (χ0n) is 30.7. The molecule has 8 aromatic carbocycles. The summed E-state index contributed by atoms with van der Waals surface area (Å²) < 4.78 is 10.8. The molecule has 11 aromatic rings. The van der Waals surface area contributed by atoms with Crippen molar-refractivity contribution < 1.29 is 4.42 Å². The van der Waals surface area contributed by atoms with E-state index in [2.05, 4.69) is 124 Å². The molecule has 11 rings (SSSR count). The maximum atomic E-state index is 9.27. The average molecular weight is 732 g/mol. The third-order valence-corrected chi connectivity index (χ3v) is 10.9. The standard InChI is InChI=1S/C51H33N5O/c52-50(54-51(34-15-5-2-6-16-34)53-32-55-44-20-10-7-17-38(44)39-18-8-11-21-45(39)55)36-24-27-48-42(30-36)43-31-37(25-28-49(43)57-48)56-46-22-12-9-19-40(46)41-29-35(23-26-47(41)56)33-13-3-1-4-14-33/h1-32,52H. The second-order valence-electron chi connectivity index (χ2n) is 14.2. The fraction of sp³-hybridized carbons (Fsp3) is 0. The third-order valence-electron chi connectivity index (χ3n) is 10.9. The summed E-state index contributed by atoms with van der Waals surface area (Å²) in [6.07, 6.45) is 1.81.